The average molecular weight is 298 g/mol. The number of nitrogens with one attached hydrogen (secondary N) is 1. The molecule has 1 amide bonds. The number of hydrogen-bond donors (Lipinski definition) is 1. The third-order valence-corrected chi connectivity index (χ3v) is 2.92. The first kappa shape index (κ1) is 15.6. The molecule has 0 saturated heterocycles. The van der Waals surface area contributed by atoms with Gasteiger partial charge in [-0.3, -0.25) is 4.79 Å². The number of carbonyl (C=O) groups excluding carboxylic acids is 1. The molecule has 0 fully saturated rings. The third-order valence-electron chi connectivity index (χ3n) is 2.92. The fourth-order valence-corrected chi connectivity index (χ4v) is 1.79. The minimum atomic E-state index is -0.273. The van der Waals surface area contributed by atoms with E-state index in [-0.39, 0.29) is 5.91 Å². The Labute approximate surface area is 129 Å². The molecule has 114 valence electrons. The molecule has 22 heavy (non-hydrogen) atoms. The lowest BCUT2D eigenvalue weighted by molar-refractivity contribution is 0.0955. The van der Waals surface area contributed by atoms with E-state index in [1.165, 1.54) is 0 Å². The minimum Gasteiger partial charge on any atom is -0.497 e. The van der Waals surface area contributed by atoms with Gasteiger partial charge in [0.15, 0.2) is 0 Å². The number of hydrogen-bond acceptors (Lipinski definition) is 4. The average Bonchev–Trinajstić information content (AvgIpc) is 2.56. The smallest absolute Gasteiger partial charge is 0.271 e. The molecule has 5 heteroatoms. The standard InChI is InChI=1S/C17H18N2O3/c1-3-22-16-8-4-13(5-9-16)12-18-19-17(20)14-6-10-15(21-2)11-7-14/h4-12H,3H2,1-2H3,(H,19,20)/b18-12-. The van der Waals surface area contributed by atoms with Gasteiger partial charge in [-0.2, -0.15) is 5.10 Å². The molecule has 0 aromatic heterocycles. The second-order valence-corrected chi connectivity index (χ2v) is 4.43. The number of methoxy groups -OCH3 is 1. The van der Waals surface area contributed by atoms with Crippen molar-refractivity contribution in [2.75, 3.05) is 13.7 Å². The van der Waals surface area contributed by atoms with E-state index < -0.39 is 0 Å². The molecule has 2 rings (SSSR count). The summed E-state index contributed by atoms with van der Waals surface area (Å²) in [5.74, 6) is 1.24. The molecule has 0 aliphatic heterocycles. The van der Waals surface area contributed by atoms with Crippen molar-refractivity contribution in [1.82, 2.24) is 5.43 Å². The zero-order valence-electron chi connectivity index (χ0n) is 12.6. The maximum Gasteiger partial charge on any atom is 0.271 e. The summed E-state index contributed by atoms with van der Waals surface area (Å²) in [4.78, 5) is 11.9. The fraction of sp³-hybridized carbons (Fsp3) is 0.176. The van der Waals surface area contributed by atoms with E-state index >= 15 is 0 Å². The minimum absolute atomic E-state index is 0.273. The lowest BCUT2D eigenvalue weighted by Gasteiger charge is -2.03. The number of amides is 1. The maximum atomic E-state index is 11.9. The Morgan fingerprint density at radius 1 is 1.09 bits per heavy atom. The number of nitrogens with zero attached hydrogens (tertiary/aromatic N) is 1. The summed E-state index contributed by atoms with van der Waals surface area (Å²) < 4.78 is 10.4. The van der Waals surface area contributed by atoms with E-state index in [2.05, 4.69) is 10.5 Å². The predicted octanol–water partition coefficient (Wildman–Crippen LogP) is 2.86. The highest BCUT2D eigenvalue weighted by Gasteiger charge is 2.03. The van der Waals surface area contributed by atoms with Crippen LogP contribution in [0.2, 0.25) is 0 Å². The van der Waals surface area contributed by atoms with Crippen LogP contribution in [0.15, 0.2) is 53.6 Å². The van der Waals surface area contributed by atoms with E-state index in [0.717, 1.165) is 11.3 Å². The second kappa shape index (κ2) is 7.83. The van der Waals surface area contributed by atoms with Gasteiger partial charge >= 0.3 is 0 Å². The molecule has 0 saturated carbocycles. The van der Waals surface area contributed by atoms with Gasteiger partial charge in [0.1, 0.15) is 11.5 Å². The van der Waals surface area contributed by atoms with Crippen molar-refractivity contribution >= 4 is 12.1 Å². The van der Waals surface area contributed by atoms with Gasteiger partial charge in [-0.05, 0) is 61.0 Å². The predicted molar refractivity (Wildman–Crippen MR) is 85.7 cm³/mol. The summed E-state index contributed by atoms with van der Waals surface area (Å²) in [5, 5.41) is 3.94. The Hall–Kier alpha value is -2.82. The van der Waals surface area contributed by atoms with Crippen LogP contribution in [0.3, 0.4) is 0 Å². The van der Waals surface area contributed by atoms with Crippen LogP contribution < -0.4 is 14.9 Å². The number of benzene rings is 2. The van der Waals surface area contributed by atoms with E-state index in [9.17, 15) is 4.79 Å². The SMILES string of the molecule is CCOc1ccc(/C=N\NC(=O)c2ccc(OC)cc2)cc1. The Balaban J connectivity index is 1.91. The van der Waals surface area contributed by atoms with Gasteiger partial charge in [0.2, 0.25) is 0 Å². The van der Waals surface area contributed by atoms with Crippen molar-refractivity contribution in [3.05, 3.63) is 59.7 Å². The highest BCUT2D eigenvalue weighted by Crippen LogP contribution is 2.12. The van der Waals surface area contributed by atoms with Gasteiger partial charge in [0, 0.05) is 5.56 Å². The summed E-state index contributed by atoms with van der Waals surface area (Å²) in [7, 11) is 1.58. The molecule has 0 bridgehead atoms. The summed E-state index contributed by atoms with van der Waals surface area (Å²) in [6.45, 7) is 2.56. The Bertz CT molecular complexity index is 634. The Kier molecular flexibility index (Phi) is 5.54. The van der Waals surface area contributed by atoms with Crippen molar-refractivity contribution in [2.24, 2.45) is 5.10 Å². The van der Waals surface area contributed by atoms with E-state index in [1.54, 1.807) is 37.6 Å². The Morgan fingerprint density at radius 2 is 1.73 bits per heavy atom. The monoisotopic (exact) mass is 298 g/mol. The molecule has 0 spiro atoms. The molecule has 2 aromatic rings. The van der Waals surface area contributed by atoms with Crippen LogP contribution in [0.25, 0.3) is 0 Å². The summed E-state index contributed by atoms with van der Waals surface area (Å²) in [6.07, 6.45) is 1.58. The van der Waals surface area contributed by atoms with Crippen LogP contribution in [0.5, 0.6) is 11.5 Å². The van der Waals surface area contributed by atoms with Gasteiger partial charge in [-0.25, -0.2) is 5.43 Å². The molecular weight excluding hydrogens is 280 g/mol. The van der Waals surface area contributed by atoms with Crippen LogP contribution in [0.4, 0.5) is 0 Å². The summed E-state index contributed by atoms with van der Waals surface area (Å²) in [5.41, 5.74) is 3.87. The first-order valence-corrected chi connectivity index (χ1v) is 6.93. The quantitative estimate of drug-likeness (QED) is 0.659. The van der Waals surface area contributed by atoms with Crippen molar-refractivity contribution in [3.8, 4) is 11.5 Å². The summed E-state index contributed by atoms with van der Waals surface area (Å²) in [6, 6.07) is 14.3. The van der Waals surface area contributed by atoms with Crippen molar-refractivity contribution < 1.29 is 14.3 Å². The van der Waals surface area contributed by atoms with Crippen molar-refractivity contribution in [3.63, 3.8) is 0 Å². The molecule has 1 N–H and O–H groups in total. The van der Waals surface area contributed by atoms with Gasteiger partial charge < -0.3 is 9.47 Å². The molecule has 2 aromatic carbocycles. The lowest BCUT2D eigenvalue weighted by Crippen LogP contribution is -2.17. The van der Waals surface area contributed by atoms with E-state index in [4.69, 9.17) is 9.47 Å². The van der Waals surface area contributed by atoms with Crippen molar-refractivity contribution in [1.29, 1.82) is 0 Å². The Morgan fingerprint density at radius 3 is 2.32 bits per heavy atom. The molecule has 0 radical (unpaired) electrons. The highest BCUT2D eigenvalue weighted by molar-refractivity contribution is 5.95. The fourth-order valence-electron chi connectivity index (χ4n) is 1.79. The maximum absolute atomic E-state index is 11.9. The first-order chi connectivity index (χ1) is 10.7. The highest BCUT2D eigenvalue weighted by atomic mass is 16.5. The van der Waals surface area contributed by atoms with Crippen LogP contribution in [0.1, 0.15) is 22.8 Å². The topological polar surface area (TPSA) is 59.9 Å². The van der Waals surface area contributed by atoms with Crippen LogP contribution in [-0.4, -0.2) is 25.8 Å². The number of hydrazone groups is 1. The molecule has 5 nitrogen and oxygen atoms in total. The first-order valence-electron chi connectivity index (χ1n) is 6.93. The molecule has 0 heterocycles. The zero-order chi connectivity index (χ0) is 15.8. The molecule has 0 aliphatic carbocycles. The van der Waals surface area contributed by atoms with E-state index in [0.29, 0.717) is 17.9 Å². The van der Waals surface area contributed by atoms with Gasteiger partial charge in [0.25, 0.3) is 5.91 Å². The second-order valence-electron chi connectivity index (χ2n) is 4.43. The zero-order valence-corrected chi connectivity index (χ0v) is 12.6. The van der Waals surface area contributed by atoms with Crippen LogP contribution in [0, 0.1) is 0 Å². The molecule has 0 aliphatic rings. The normalized spacial score (nSPS) is 10.5. The third kappa shape index (κ3) is 4.34. The molecule has 0 atom stereocenters. The van der Waals surface area contributed by atoms with Crippen molar-refractivity contribution in [2.45, 2.75) is 6.92 Å². The molecular formula is C17H18N2O3. The van der Waals surface area contributed by atoms with Gasteiger partial charge in [-0.1, -0.05) is 0 Å². The van der Waals surface area contributed by atoms with Crippen LogP contribution in [-0.2, 0) is 0 Å². The summed E-state index contributed by atoms with van der Waals surface area (Å²) >= 11 is 0. The lowest BCUT2D eigenvalue weighted by atomic mass is 10.2. The number of rotatable bonds is 6. The number of carbonyl (C=O) groups is 1. The van der Waals surface area contributed by atoms with Crippen LogP contribution >= 0.6 is 0 Å². The van der Waals surface area contributed by atoms with Gasteiger partial charge in [-0.15, -0.1) is 0 Å². The van der Waals surface area contributed by atoms with E-state index in [1.807, 2.05) is 31.2 Å². The largest absolute Gasteiger partial charge is 0.497 e. The van der Waals surface area contributed by atoms with Gasteiger partial charge in [0.05, 0.1) is 19.9 Å². The number of ether oxygens (including phenoxy) is 2. The molecule has 0 unspecified atom stereocenters.